The minimum Gasteiger partial charge on any atom is -0.476 e. The summed E-state index contributed by atoms with van der Waals surface area (Å²) in [5.41, 5.74) is 3.13. The molecule has 0 aromatic heterocycles. The van der Waals surface area contributed by atoms with E-state index in [4.69, 9.17) is 9.47 Å². The summed E-state index contributed by atoms with van der Waals surface area (Å²) in [5.74, 6) is 0.921. The van der Waals surface area contributed by atoms with Gasteiger partial charge in [0.15, 0.2) is 5.60 Å². The number of benzene rings is 2. The Bertz CT molecular complexity index is 881. The Balaban J connectivity index is 1.73. The van der Waals surface area contributed by atoms with Crippen molar-refractivity contribution < 1.29 is 19.4 Å². The molecular weight excluding hydrogens is 396 g/mol. The molecule has 0 radical (unpaired) electrons. The van der Waals surface area contributed by atoms with Gasteiger partial charge < -0.3 is 14.6 Å². The zero-order valence-corrected chi connectivity index (χ0v) is 19.5. The maximum Gasteiger partial charge on any atom is 0.349 e. The lowest BCUT2D eigenvalue weighted by molar-refractivity contribution is -0.158. The van der Waals surface area contributed by atoms with E-state index >= 15 is 0 Å². The molecule has 2 aromatic rings. The highest BCUT2D eigenvalue weighted by molar-refractivity contribution is 7.98. The topological polar surface area (TPSA) is 55.8 Å². The second-order valence-electron chi connectivity index (χ2n) is 8.54. The summed E-state index contributed by atoms with van der Waals surface area (Å²) in [6, 6.07) is 12.4. The second kappa shape index (κ2) is 9.03. The van der Waals surface area contributed by atoms with Gasteiger partial charge in [-0.25, -0.2) is 4.79 Å². The van der Waals surface area contributed by atoms with Gasteiger partial charge in [-0.05, 0) is 93.5 Å². The van der Waals surface area contributed by atoms with Crippen LogP contribution in [0.4, 0.5) is 0 Å². The third-order valence-electron chi connectivity index (χ3n) is 5.74. The first kappa shape index (κ1) is 22.7. The van der Waals surface area contributed by atoms with E-state index in [9.17, 15) is 9.90 Å². The number of carbonyl (C=O) groups is 1. The van der Waals surface area contributed by atoms with Crippen molar-refractivity contribution in [2.75, 3.05) is 12.9 Å². The maximum absolute atomic E-state index is 12.2. The molecule has 30 heavy (non-hydrogen) atoms. The van der Waals surface area contributed by atoms with Crippen LogP contribution in [0.5, 0.6) is 5.75 Å². The highest BCUT2D eigenvalue weighted by Gasteiger charge is 2.44. The zero-order valence-electron chi connectivity index (χ0n) is 18.7. The predicted octanol–water partition coefficient (Wildman–Crippen LogP) is 5.58. The van der Waals surface area contributed by atoms with Gasteiger partial charge in [0.25, 0.3) is 0 Å². The van der Waals surface area contributed by atoms with Crippen molar-refractivity contribution >= 4 is 17.7 Å². The molecule has 3 atom stereocenters. The van der Waals surface area contributed by atoms with Crippen molar-refractivity contribution in [3.05, 3.63) is 58.7 Å². The molecule has 1 N–H and O–H groups in total. The summed E-state index contributed by atoms with van der Waals surface area (Å²) in [6.45, 7) is 9.58. The van der Waals surface area contributed by atoms with Gasteiger partial charge in [-0.15, -0.1) is 11.8 Å². The number of rotatable bonds is 8. The lowest BCUT2D eigenvalue weighted by Gasteiger charge is -2.26. The fourth-order valence-corrected chi connectivity index (χ4v) is 4.36. The molecule has 0 spiro atoms. The quantitative estimate of drug-likeness (QED) is 0.439. The number of aliphatic hydroxyl groups is 1. The van der Waals surface area contributed by atoms with Crippen molar-refractivity contribution in [3.63, 3.8) is 0 Å². The van der Waals surface area contributed by atoms with E-state index in [-0.39, 0.29) is 11.9 Å². The summed E-state index contributed by atoms with van der Waals surface area (Å²) < 4.78 is 11.2. The molecule has 5 heteroatoms. The fraction of sp³-hybridized carbons (Fsp3) is 0.480. The van der Waals surface area contributed by atoms with Gasteiger partial charge >= 0.3 is 5.97 Å². The molecule has 1 saturated carbocycles. The number of aryl methyl sites for hydroxylation is 2. The first-order valence-corrected chi connectivity index (χ1v) is 11.7. The number of esters is 1. The summed E-state index contributed by atoms with van der Waals surface area (Å²) >= 11 is 1.70. The molecular formula is C25H32O4S. The van der Waals surface area contributed by atoms with Crippen LogP contribution in [0.25, 0.3) is 0 Å². The largest absolute Gasteiger partial charge is 0.476 e. The van der Waals surface area contributed by atoms with Gasteiger partial charge in [0, 0.05) is 4.90 Å². The van der Waals surface area contributed by atoms with Gasteiger partial charge in [-0.1, -0.05) is 24.3 Å². The Morgan fingerprint density at radius 3 is 2.33 bits per heavy atom. The third-order valence-corrected chi connectivity index (χ3v) is 6.48. The van der Waals surface area contributed by atoms with E-state index in [1.807, 2.05) is 32.2 Å². The van der Waals surface area contributed by atoms with Crippen LogP contribution in [0, 0.1) is 19.8 Å². The number of thioether (sulfide) groups is 1. The fourth-order valence-electron chi connectivity index (χ4n) is 3.96. The minimum absolute atomic E-state index is 0.228. The van der Waals surface area contributed by atoms with Crippen LogP contribution in [-0.2, 0) is 9.53 Å². The maximum atomic E-state index is 12.2. The average Bonchev–Trinajstić information content (AvgIpc) is 3.51. The monoisotopic (exact) mass is 428 g/mol. The van der Waals surface area contributed by atoms with Gasteiger partial charge in [0.2, 0.25) is 0 Å². The molecule has 1 fully saturated rings. The third kappa shape index (κ3) is 4.84. The van der Waals surface area contributed by atoms with Gasteiger partial charge in [-0.3, -0.25) is 0 Å². The molecule has 162 valence electrons. The van der Waals surface area contributed by atoms with Crippen LogP contribution in [0.2, 0.25) is 0 Å². The highest BCUT2D eigenvalue weighted by Crippen LogP contribution is 2.54. The highest BCUT2D eigenvalue weighted by atomic mass is 32.2. The smallest absolute Gasteiger partial charge is 0.349 e. The van der Waals surface area contributed by atoms with E-state index in [1.165, 1.54) is 10.5 Å². The summed E-state index contributed by atoms with van der Waals surface area (Å²) in [7, 11) is 0. The number of aliphatic hydroxyl groups excluding tert-OH is 1. The molecule has 0 heterocycles. The van der Waals surface area contributed by atoms with E-state index in [2.05, 4.69) is 24.3 Å². The molecule has 4 nitrogen and oxygen atoms in total. The molecule has 1 aliphatic carbocycles. The molecule has 2 aromatic carbocycles. The number of ether oxygens (including phenoxy) is 2. The molecule has 0 bridgehead atoms. The van der Waals surface area contributed by atoms with E-state index in [1.54, 1.807) is 32.5 Å². The SMILES string of the molecule is CCOC(=O)C(C)(C)Oc1c(C)cc(C2CC2C(O)c2ccc(SC)cc2)cc1C. The molecule has 3 rings (SSSR count). The van der Waals surface area contributed by atoms with Crippen molar-refractivity contribution in [2.24, 2.45) is 5.92 Å². The van der Waals surface area contributed by atoms with Gasteiger partial charge in [-0.2, -0.15) is 0 Å². The van der Waals surface area contributed by atoms with Crippen molar-refractivity contribution in [1.29, 1.82) is 0 Å². The normalized spacial score (nSPS) is 19.3. The van der Waals surface area contributed by atoms with Crippen LogP contribution < -0.4 is 4.74 Å². The van der Waals surface area contributed by atoms with E-state index < -0.39 is 11.7 Å². The Morgan fingerprint density at radius 2 is 1.80 bits per heavy atom. The average molecular weight is 429 g/mol. The first-order chi connectivity index (χ1) is 14.2. The van der Waals surface area contributed by atoms with Crippen LogP contribution in [-0.4, -0.2) is 29.5 Å². The van der Waals surface area contributed by atoms with Crippen LogP contribution >= 0.6 is 11.8 Å². The molecule has 0 amide bonds. The Labute approximate surface area is 184 Å². The van der Waals surface area contributed by atoms with Crippen molar-refractivity contribution in [3.8, 4) is 5.75 Å². The lowest BCUT2D eigenvalue weighted by atomic mass is 9.98. The molecule has 1 aliphatic rings. The Morgan fingerprint density at radius 1 is 1.20 bits per heavy atom. The summed E-state index contributed by atoms with van der Waals surface area (Å²) in [5, 5.41) is 10.8. The molecule has 0 saturated heterocycles. The van der Waals surface area contributed by atoms with E-state index in [0.29, 0.717) is 12.5 Å². The van der Waals surface area contributed by atoms with Crippen LogP contribution in [0.3, 0.4) is 0 Å². The van der Waals surface area contributed by atoms with Crippen molar-refractivity contribution in [1.82, 2.24) is 0 Å². The van der Waals surface area contributed by atoms with Gasteiger partial charge in [0.05, 0.1) is 12.7 Å². The molecule has 0 aliphatic heterocycles. The summed E-state index contributed by atoms with van der Waals surface area (Å²) in [4.78, 5) is 13.4. The lowest BCUT2D eigenvalue weighted by Crippen LogP contribution is -2.40. The summed E-state index contributed by atoms with van der Waals surface area (Å²) in [6.07, 6.45) is 2.57. The van der Waals surface area contributed by atoms with E-state index in [0.717, 1.165) is 28.9 Å². The van der Waals surface area contributed by atoms with Crippen LogP contribution in [0.15, 0.2) is 41.3 Å². The van der Waals surface area contributed by atoms with Gasteiger partial charge in [0.1, 0.15) is 5.75 Å². The number of carbonyl (C=O) groups excluding carboxylic acids is 1. The van der Waals surface area contributed by atoms with Crippen LogP contribution in [0.1, 0.15) is 61.5 Å². The number of hydrogen-bond acceptors (Lipinski definition) is 5. The molecule has 3 unspecified atom stereocenters. The first-order valence-electron chi connectivity index (χ1n) is 10.5. The predicted molar refractivity (Wildman–Crippen MR) is 121 cm³/mol. The Kier molecular flexibility index (Phi) is 6.83. The van der Waals surface area contributed by atoms with Crippen molar-refractivity contribution in [2.45, 2.75) is 63.6 Å². The minimum atomic E-state index is -1.05. The second-order valence-corrected chi connectivity index (χ2v) is 9.42. The number of hydrogen-bond donors (Lipinski definition) is 1. The zero-order chi connectivity index (χ0) is 22.1. The Hall–Kier alpha value is -1.98. The standard InChI is InChI=1S/C25H32O4S/c1-7-28-24(27)25(4,5)29-23-15(2)12-18(13-16(23)3)20-14-21(20)22(26)17-8-10-19(30-6)11-9-17/h8-13,20-22,26H,7,14H2,1-6H3.